The molecule has 5 heteroatoms. The highest BCUT2D eigenvalue weighted by atomic mass is 16.2. The van der Waals surface area contributed by atoms with Gasteiger partial charge in [0.15, 0.2) is 0 Å². The summed E-state index contributed by atoms with van der Waals surface area (Å²) in [6.45, 7) is 0.542. The second-order valence-corrected chi connectivity index (χ2v) is 6.02. The Labute approximate surface area is 158 Å². The van der Waals surface area contributed by atoms with Gasteiger partial charge in [-0.3, -0.25) is 4.79 Å². The fourth-order valence-corrected chi connectivity index (χ4v) is 2.61. The molecule has 0 aromatic heterocycles. The second-order valence-electron chi connectivity index (χ2n) is 6.02. The van der Waals surface area contributed by atoms with Crippen LogP contribution in [0.3, 0.4) is 0 Å². The zero-order valence-electron chi connectivity index (χ0n) is 14.8. The first-order valence-corrected chi connectivity index (χ1v) is 8.76. The molecule has 3 rings (SSSR count). The highest BCUT2D eigenvalue weighted by Crippen LogP contribution is 2.16. The lowest BCUT2D eigenvalue weighted by Gasteiger charge is -2.10. The number of amides is 3. The molecule has 0 aliphatic carbocycles. The molecule has 0 unspecified atom stereocenters. The van der Waals surface area contributed by atoms with E-state index in [1.807, 2.05) is 48.5 Å². The highest BCUT2D eigenvalue weighted by molar-refractivity contribution is 6.04. The van der Waals surface area contributed by atoms with E-state index in [4.69, 9.17) is 0 Å². The molecule has 0 aliphatic rings. The van der Waals surface area contributed by atoms with Gasteiger partial charge < -0.3 is 16.0 Å². The van der Waals surface area contributed by atoms with Crippen molar-refractivity contribution in [3.63, 3.8) is 0 Å². The van der Waals surface area contributed by atoms with Crippen molar-refractivity contribution in [1.82, 2.24) is 5.32 Å². The summed E-state index contributed by atoms with van der Waals surface area (Å²) in [4.78, 5) is 24.3. The van der Waals surface area contributed by atoms with Gasteiger partial charge in [-0.25, -0.2) is 4.79 Å². The number of hydrogen-bond acceptors (Lipinski definition) is 2. The van der Waals surface area contributed by atoms with E-state index in [0.29, 0.717) is 23.5 Å². The van der Waals surface area contributed by atoms with Crippen LogP contribution in [-0.2, 0) is 6.42 Å². The molecule has 3 N–H and O–H groups in total. The largest absolute Gasteiger partial charge is 0.338 e. The van der Waals surface area contributed by atoms with Crippen LogP contribution in [0.2, 0.25) is 0 Å². The third-order valence-corrected chi connectivity index (χ3v) is 3.96. The Morgan fingerprint density at radius 3 is 2.04 bits per heavy atom. The topological polar surface area (TPSA) is 70.2 Å². The van der Waals surface area contributed by atoms with E-state index in [-0.39, 0.29) is 11.9 Å². The number of carbonyl (C=O) groups is 2. The molecule has 0 aliphatic heterocycles. The van der Waals surface area contributed by atoms with Gasteiger partial charge in [-0.15, -0.1) is 0 Å². The Morgan fingerprint density at radius 1 is 0.704 bits per heavy atom. The van der Waals surface area contributed by atoms with Gasteiger partial charge in [0.2, 0.25) is 0 Å². The first-order valence-electron chi connectivity index (χ1n) is 8.76. The summed E-state index contributed by atoms with van der Waals surface area (Å²) in [6, 6.07) is 25.7. The van der Waals surface area contributed by atoms with Crippen molar-refractivity contribution in [2.24, 2.45) is 0 Å². The molecule has 3 aromatic carbocycles. The van der Waals surface area contributed by atoms with Gasteiger partial charge in [0.1, 0.15) is 0 Å². The smallest absolute Gasteiger partial charge is 0.319 e. The Balaban J connectivity index is 1.51. The van der Waals surface area contributed by atoms with E-state index in [0.717, 1.165) is 6.42 Å². The minimum absolute atomic E-state index is 0.194. The van der Waals surface area contributed by atoms with Crippen LogP contribution in [-0.4, -0.2) is 18.5 Å². The molecule has 0 atom stereocenters. The van der Waals surface area contributed by atoms with E-state index in [1.165, 1.54) is 5.56 Å². The van der Waals surface area contributed by atoms with Gasteiger partial charge in [0.25, 0.3) is 5.91 Å². The molecular formula is C22H21N3O2. The number of urea groups is 1. The van der Waals surface area contributed by atoms with Gasteiger partial charge >= 0.3 is 6.03 Å². The summed E-state index contributed by atoms with van der Waals surface area (Å²) in [7, 11) is 0. The van der Waals surface area contributed by atoms with Crippen LogP contribution in [0.1, 0.15) is 15.9 Å². The van der Waals surface area contributed by atoms with E-state index < -0.39 is 0 Å². The maximum Gasteiger partial charge on any atom is 0.319 e. The van der Waals surface area contributed by atoms with Crippen LogP contribution in [0.15, 0.2) is 84.9 Å². The zero-order valence-corrected chi connectivity index (χ0v) is 14.8. The molecule has 0 radical (unpaired) electrons. The normalized spacial score (nSPS) is 10.1. The van der Waals surface area contributed by atoms with Crippen molar-refractivity contribution in [2.45, 2.75) is 6.42 Å². The quantitative estimate of drug-likeness (QED) is 0.614. The average molecular weight is 359 g/mol. The molecule has 3 amide bonds. The standard InChI is InChI=1S/C22H21N3O2/c26-21(18-10-5-2-6-11-18)24-19-12-7-13-20(16-19)25-22(27)23-15-14-17-8-3-1-4-9-17/h1-13,16H,14-15H2,(H,24,26)(H2,23,25,27). The maximum atomic E-state index is 12.2. The monoisotopic (exact) mass is 359 g/mol. The Kier molecular flexibility index (Phi) is 6.20. The van der Waals surface area contributed by atoms with Gasteiger partial charge in [0, 0.05) is 23.5 Å². The fourth-order valence-electron chi connectivity index (χ4n) is 2.61. The van der Waals surface area contributed by atoms with Crippen molar-refractivity contribution in [1.29, 1.82) is 0 Å². The lowest BCUT2D eigenvalue weighted by atomic mass is 10.1. The van der Waals surface area contributed by atoms with Crippen LogP contribution < -0.4 is 16.0 Å². The van der Waals surface area contributed by atoms with Gasteiger partial charge in [0.05, 0.1) is 0 Å². The molecule has 3 aromatic rings. The summed E-state index contributed by atoms with van der Waals surface area (Å²) < 4.78 is 0. The Hall–Kier alpha value is -3.60. The zero-order chi connectivity index (χ0) is 18.9. The van der Waals surface area contributed by atoms with E-state index in [1.54, 1.807) is 36.4 Å². The van der Waals surface area contributed by atoms with Gasteiger partial charge in [-0.2, -0.15) is 0 Å². The van der Waals surface area contributed by atoms with E-state index in [2.05, 4.69) is 16.0 Å². The lowest BCUT2D eigenvalue weighted by molar-refractivity contribution is 0.102. The summed E-state index contributed by atoms with van der Waals surface area (Å²) in [5.74, 6) is -0.194. The molecule has 0 saturated heterocycles. The predicted molar refractivity (Wildman–Crippen MR) is 108 cm³/mol. The van der Waals surface area contributed by atoms with Crippen molar-refractivity contribution < 1.29 is 9.59 Å². The molecule has 5 nitrogen and oxygen atoms in total. The minimum atomic E-state index is -0.280. The number of rotatable bonds is 6. The van der Waals surface area contributed by atoms with Crippen molar-refractivity contribution in [2.75, 3.05) is 17.2 Å². The van der Waals surface area contributed by atoms with Crippen LogP contribution in [0, 0.1) is 0 Å². The minimum Gasteiger partial charge on any atom is -0.338 e. The van der Waals surface area contributed by atoms with Crippen LogP contribution >= 0.6 is 0 Å². The number of benzene rings is 3. The predicted octanol–water partition coefficient (Wildman–Crippen LogP) is 4.30. The van der Waals surface area contributed by atoms with Gasteiger partial charge in [-0.05, 0) is 42.3 Å². The number of carbonyl (C=O) groups excluding carboxylic acids is 2. The van der Waals surface area contributed by atoms with Crippen LogP contribution in [0.5, 0.6) is 0 Å². The highest BCUT2D eigenvalue weighted by Gasteiger charge is 2.07. The van der Waals surface area contributed by atoms with Crippen molar-refractivity contribution >= 4 is 23.3 Å². The number of nitrogens with one attached hydrogen (secondary N) is 3. The Bertz CT molecular complexity index is 896. The summed E-state index contributed by atoms with van der Waals surface area (Å²) in [5.41, 5.74) is 2.97. The Morgan fingerprint density at radius 2 is 1.33 bits per heavy atom. The molecule has 27 heavy (non-hydrogen) atoms. The lowest BCUT2D eigenvalue weighted by Crippen LogP contribution is -2.30. The molecule has 0 bridgehead atoms. The summed E-state index contributed by atoms with van der Waals surface area (Å²) in [5, 5.41) is 8.43. The van der Waals surface area contributed by atoms with E-state index in [9.17, 15) is 9.59 Å². The third kappa shape index (κ3) is 5.71. The summed E-state index contributed by atoms with van der Waals surface area (Å²) in [6.07, 6.45) is 0.765. The molecule has 0 saturated carbocycles. The first-order chi connectivity index (χ1) is 13.2. The molecule has 0 spiro atoms. The average Bonchev–Trinajstić information content (AvgIpc) is 2.70. The molecular weight excluding hydrogens is 338 g/mol. The van der Waals surface area contributed by atoms with Crippen LogP contribution in [0.25, 0.3) is 0 Å². The summed E-state index contributed by atoms with van der Waals surface area (Å²) >= 11 is 0. The SMILES string of the molecule is O=C(NCCc1ccccc1)Nc1cccc(NC(=O)c2ccccc2)c1. The fraction of sp³-hybridized carbons (Fsp3) is 0.0909. The van der Waals surface area contributed by atoms with Crippen molar-refractivity contribution in [3.05, 3.63) is 96.1 Å². The molecule has 0 heterocycles. The van der Waals surface area contributed by atoms with E-state index >= 15 is 0 Å². The van der Waals surface area contributed by atoms with Gasteiger partial charge in [-0.1, -0.05) is 54.6 Å². The molecule has 136 valence electrons. The second kappa shape index (κ2) is 9.20. The number of hydrogen-bond donors (Lipinski definition) is 3. The first kappa shape index (κ1) is 18.2. The number of anilines is 2. The molecule has 0 fully saturated rings. The van der Waals surface area contributed by atoms with Crippen LogP contribution in [0.4, 0.5) is 16.2 Å². The van der Waals surface area contributed by atoms with Crippen molar-refractivity contribution in [3.8, 4) is 0 Å². The maximum absolute atomic E-state index is 12.2. The third-order valence-electron chi connectivity index (χ3n) is 3.96.